The highest BCUT2D eigenvalue weighted by molar-refractivity contribution is 5.97. The zero-order valence-corrected chi connectivity index (χ0v) is 12.9. The maximum absolute atomic E-state index is 12.3. The van der Waals surface area contributed by atoms with Crippen LogP contribution in [0.5, 0.6) is 0 Å². The molecule has 0 N–H and O–H groups in total. The molecule has 1 unspecified atom stereocenters. The lowest BCUT2D eigenvalue weighted by molar-refractivity contribution is 0.0932. The Morgan fingerprint density at radius 1 is 1.20 bits per heavy atom. The Balaban J connectivity index is 1.90. The Labute approximate surface area is 123 Å². The molecule has 0 aliphatic carbocycles. The van der Waals surface area contributed by atoms with Gasteiger partial charge in [0.1, 0.15) is 0 Å². The molecule has 0 saturated carbocycles. The number of aryl methyl sites for hydroxylation is 1. The zero-order valence-electron chi connectivity index (χ0n) is 12.9. The molecule has 1 aromatic carbocycles. The molecule has 0 amide bonds. The minimum Gasteiger partial charge on any atom is -0.296 e. The van der Waals surface area contributed by atoms with Gasteiger partial charge in [0.05, 0.1) is 6.54 Å². The molecule has 110 valence electrons. The van der Waals surface area contributed by atoms with Gasteiger partial charge in [0, 0.05) is 5.56 Å². The fourth-order valence-corrected chi connectivity index (χ4v) is 2.92. The van der Waals surface area contributed by atoms with Crippen LogP contribution in [-0.2, 0) is 6.42 Å². The van der Waals surface area contributed by atoms with Crippen molar-refractivity contribution in [3.05, 3.63) is 35.4 Å². The number of Topliss-reactive ketones (excluding diaryl/α,β-unsaturated/α-hetero) is 1. The van der Waals surface area contributed by atoms with E-state index < -0.39 is 0 Å². The summed E-state index contributed by atoms with van der Waals surface area (Å²) in [6.07, 6.45) is 6.00. The van der Waals surface area contributed by atoms with Crippen LogP contribution < -0.4 is 0 Å². The average Bonchev–Trinajstić information content (AvgIpc) is 2.65. The van der Waals surface area contributed by atoms with E-state index in [4.69, 9.17) is 0 Å². The number of hydrogen-bond acceptors (Lipinski definition) is 2. The summed E-state index contributed by atoms with van der Waals surface area (Å²) in [6, 6.07) is 8.18. The number of benzene rings is 1. The standard InChI is InChI=1S/C18H27NO/c1-3-5-16-7-9-17(10-8-16)18(20)14-19-12-4-6-15(2)11-13-19/h7-10,15H,3-6,11-14H2,1-2H3. The van der Waals surface area contributed by atoms with Crippen LogP contribution in [0.2, 0.25) is 0 Å². The van der Waals surface area contributed by atoms with Crippen molar-refractivity contribution in [3.63, 3.8) is 0 Å². The predicted octanol–water partition coefficient (Wildman–Crippen LogP) is 3.94. The predicted molar refractivity (Wildman–Crippen MR) is 84.2 cm³/mol. The lowest BCUT2D eigenvalue weighted by Crippen LogP contribution is -2.30. The summed E-state index contributed by atoms with van der Waals surface area (Å²) in [7, 11) is 0. The molecule has 2 nitrogen and oxygen atoms in total. The number of ketones is 1. The van der Waals surface area contributed by atoms with Crippen molar-refractivity contribution in [1.29, 1.82) is 0 Å². The molecule has 20 heavy (non-hydrogen) atoms. The summed E-state index contributed by atoms with van der Waals surface area (Å²) in [5.74, 6) is 1.08. The largest absolute Gasteiger partial charge is 0.296 e. The summed E-state index contributed by atoms with van der Waals surface area (Å²) in [5.41, 5.74) is 2.19. The monoisotopic (exact) mass is 273 g/mol. The van der Waals surface area contributed by atoms with E-state index in [1.165, 1.54) is 24.8 Å². The minimum atomic E-state index is 0.266. The van der Waals surface area contributed by atoms with Crippen LogP contribution in [-0.4, -0.2) is 30.3 Å². The van der Waals surface area contributed by atoms with Crippen molar-refractivity contribution in [2.24, 2.45) is 5.92 Å². The highest BCUT2D eigenvalue weighted by Crippen LogP contribution is 2.17. The molecule has 0 aromatic heterocycles. The Morgan fingerprint density at radius 3 is 2.65 bits per heavy atom. The van der Waals surface area contributed by atoms with E-state index in [9.17, 15) is 4.79 Å². The van der Waals surface area contributed by atoms with Crippen molar-refractivity contribution in [2.45, 2.75) is 46.0 Å². The molecule has 0 spiro atoms. The molecule has 1 heterocycles. The number of rotatable bonds is 5. The Kier molecular flexibility index (Phi) is 5.78. The van der Waals surface area contributed by atoms with E-state index in [0.29, 0.717) is 6.54 Å². The molecule has 1 aromatic rings. The molecule has 1 aliphatic heterocycles. The average molecular weight is 273 g/mol. The summed E-state index contributed by atoms with van der Waals surface area (Å²) >= 11 is 0. The molecule has 0 radical (unpaired) electrons. The van der Waals surface area contributed by atoms with E-state index in [1.54, 1.807) is 0 Å². The highest BCUT2D eigenvalue weighted by atomic mass is 16.1. The molecule has 2 rings (SSSR count). The van der Waals surface area contributed by atoms with E-state index in [2.05, 4.69) is 30.9 Å². The number of likely N-dealkylation sites (tertiary alicyclic amines) is 1. The summed E-state index contributed by atoms with van der Waals surface area (Å²) in [5, 5.41) is 0. The van der Waals surface area contributed by atoms with Gasteiger partial charge < -0.3 is 0 Å². The normalized spacial score (nSPS) is 20.6. The minimum absolute atomic E-state index is 0.266. The number of carbonyl (C=O) groups is 1. The molecule has 0 bridgehead atoms. The van der Waals surface area contributed by atoms with Crippen LogP contribution in [0.4, 0.5) is 0 Å². The van der Waals surface area contributed by atoms with Crippen LogP contribution in [0.15, 0.2) is 24.3 Å². The molecule has 2 heteroatoms. The summed E-state index contributed by atoms with van der Waals surface area (Å²) < 4.78 is 0. The molecule has 1 aliphatic rings. The van der Waals surface area contributed by atoms with Crippen molar-refractivity contribution >= 4 is 5.78 Å². The maximum Gasteiger partial charge on any atom is 0.176 e. The van der Waals surface area contributed by atoms with Gasteiger partial charge >= 0.3 is 0 Å². The van der Waals surface area contributed by atoms with Crippen molar-refractivity contribution in [1.82, 2.24) is 4.90 Å². The van der Waals surface area contributed by atoms with Crippen molar-refractivity contribution in [2.75, 3.05) is 19.6 Å². The van der Waals surface area contributed by atoms with E-state index in [1.807, 2.05) is 12.1 Å². The third-order valence-electron chi connectivity index (χ3n) is 4.29. The fraction of sp³-hybridized carbons (Fsp3) is 0.611. The van der Waals surface area contributed by atoms with Crippen molar-refractivity contribution in [3.8, 4) is 0 Å². The van der Waals surface area contributed by atoms with Crippen LogP contribution in [0.25, 0.3) is 0 Å². The first-order valence-electron chi connectivity index (χ1n) is 8.03. The van der Waals surface area contributed by atoms with Crippen LogP contribution in [0.3, 0.4) is 0 Å². The Hall–Kier alpha value is -1.15. The molecule has 1 fully saturated rings. The second kappa shape index (κ2) is 7.58. The third kappa shape index (κ3) is 4.45. The van der Waals surface area contributed by atoms with Gasteiger partial charge in [-0.3, -0.25) is 9.69 Å². The number of hydrogen-bond donors (Lipinski definition) is 0. The summed E-state index contributed by atoms with van der Waals surface area (Å²) in [6.45, 7) is 7.22. The topological polar surface area (TPSA) is 20.3 Å². The van der Waals surface area contributed by atoms with Crippen molar-refractivity contribution < 1.29 is 4.79 Å². The van der Waals surface area contributed by atoms with E-state index in [-0.39, 0.29) is 5.78 Å². The van der Waals surface area contributed by atoms with Gasteiger partial charge in [-0.15, -0.1) is 0 Å². The fourth-order valence-electron chi connectivity index (χ4n) is 2.92. The van der Waals surface area contributed by atoms with Gasteiger partial charge in [0.2, 0.25) is 0 Å². The summed E-state index contributed by atoms with van der Waals surface area (Å²) in [4.78, 5) is 14.7. The van der Waals surface area contributed by atoms with Gasteiger partial charge in [-0.25, -0.2) is 0 Å². The highest BCUT2D eigenvalue weighted by Gasteiger charge is 2.16. The first kappa shape index (κ1) is 15.2. The second-order valence-corrected chi connectivity index (χ2v) is 6.18. The van der Waals surface area contributed by atoms with Crippen LogP contribution in [0, 0.1) is 5.92 Å². The quantitative estimate of drug-likeness (QED) is 0.757. The molecule has 1 atom stereocenters. The second-order valence-electron chi connectivity index (χ2n) is 6.18. The lowest BCUT2D eigenvalue weighted by Gasteiger charge is -2.19. The first-order valence-corrected chi connectivity index (χ1v) is 8.03. The number of nitrogens with zero attached hydrogens (tertiary/aromatic N) is 1. The Morgan fingerprint density at radius 2 is 1.95 bits per heavy atom. The van der Waals surface area contributed by atoms with Gasteiger partial charge in [-0.05, 0) is 50.3 Å². The van der Waals surface area contributed by atoms with Gasteiger partial charge in [0.15, 0.2) is 5.78 Å². The van der Waals surface area contributed by atoms with Gasteiger partial charge in [-0.2, -0.15) is 0 Å². The lowest BCUT2D eigenvalue weighted by atomic mass is 10.0. The van der Waals surface area contributed by atoms with Crippen LogP contribution >= 0.6 is 0 Å². The van der Waals surface area contributed by atoms with Gasteiger partial charge in [0.25, 0.3) is 0 Å². The van der Waals surface area contributed by atoms with E-state index in [0.717, 1.165) is 37.4 Å². The maximum atomic E-state index is 12.3. The smallest absolute Gasteiger partial charge is 0.176 e. The molecular formula is C18H27NO. The number of carbonyl (C=O) groups excluding carboxylic acids is 1. The third-order valence-corrected chi connectivity index (χ3v) is 4.29. The Bertz CT molecular complexity index is 424. The van der Waals surface area contributed by atoms with E-state index >= 15 is 0 Å². The molecule has 1 saturated heterocycles. The SMILES string of the molecule is CCCc1ccc(C(=O)CN2CCCC(C)CC2)cc1. The first-order chi connectivity index (χ1) is 9.69. The zero-order chi connectivity index (χ0) is 14.4. The van der Waals surface area contributed by atoms with Crippen LogP contribution in [0.1, 0.15) is 55.5 Å². The molecular weight excluding hydrogens is 246 g/mol. The van der Waals surface area contributed by atoms with Gasteiger partial charge in [-0.1, -0.05) is 44.5 Å².